The maximum atomic E-state index is 12.1. The summed E-state index contributed by atoms with van der Waals surface area (Å²) in [4.78, 5) is 25.2. The molecule has 1 N–H and O–H groups in total. The molecule has 1 saturated heterocycles. The third-order valence-corrected chi connectivity index (χ3v) is 3.16. The van der Waals surface area contributed by atoms with Gasteiger partial charge in [0.2, 0.25) is 12.2 Å². The first-order chi connectivity index (χ1) is 8.61. The fourth-order valence-electron chi connectivity index (χ4n) is 2.24. The predicted octanol–water partition coefficient (Wildman–Crippen LogP) is 0.0001000. The van der Waals surface area contributed by atoms with Crippen molar-refractivity contribution in [1.29, 1.82) is 0 Å². The van der Waals surface area contributed by atoms with E-state index in [9.17, 15) is 9.59 Å². The molecular formula is C12H18N2O4. The van der Waals surface area contributed by atoms with Gasteiger partial charge in [-0.05, 0) is 33.4 Å². The van der Waals surface area contributed by atoms with E-state index >= 15 is 0 Å². The number of amides is 1. The van der Waals surface area contributed by atoms with E-state index in [1.165, 1.54) is 6.08 Å². The second kappa shape index (κ2) is 5.49. The van der Waals surface area contributed by atoms with E-state index in [0.717, 1.165) is 19.4 Å². The molecule has 2 aliphatic rings. The van der Waals surface area contributed by atoms with E-state index in [-0.39, 0.29) is 11.9 Å². The molecule has 0 aromatic carbocycles. The van der Waals surface area contributed by atoms with Crippen molar-refractivity contribution < 1.29 is 19.1 Å². The number of rotatable bonds is 4. The highest BCUT2D eigenvalue weighted by molar-refractivity contribution is 5.89. The van der Waals surface area contributed by atoms with Gasteiger partial charge in [0.15, 0.2) is 0 Å². The van der Waals surface area contributed by atoms with Crippen LogP contribution in [0.15, 0.2) is 11.8 Å². The monoisotopic (exact) mass is 254 g/mol. The Morgan fingerprint density at radius 2 is 2.44 bits per heavy atom. The van der Waals surface area contributed by atoms with Crippen LogP contribution in [0, 0.1) is 0 Å². The Labute approximate surface area is 106 Å². The van der Waals surface area contributed by atoms with Crippen LogP contribution in [0.3, 0.4) is 0 Å². The molecule has 1 amide bonds. The summed E-state index contributed by atoms with van der Waals surface area (Å²) >= 11 is 0. The fourth-order valence-corrected chi connectivity index (χ4v) is 2.24. The van der Waals surface area contributed by atoms with Crippen LogP contribution in [0.25, 0.3) is 0 Å². The van der Waals surface area contributed by atoms with E-state index < -0.39 is 12.3 Å². The maximum absolute atomic E-state index is 12.1. The van der Waals surface area contributed by atoms with Crippen LogP contribution in [-0.4, -0.2) is 49.3 Å². The second-order valence-corrected chi connectivity index (χ2v) is 4.45. The van der Waals surface area contributed by atoms with Crippen LogP contribution in [-0.2, 0) is 19.1 Å². The molecule has 0 aliphatic carbocycles. The van der Waals surface area contributed by atoms with Crippen molar-refractivity contribution in [3.63, 3.8) is 0 Å². The van der Waals surface area contributed by atoms with Crippen molar-refractivity contribution in [2.75, 3.05) is 20.2 Å². The van der Waals surface area contributed by atoms with Crippen LogP contribution >= 0.6 is 0 Å². The predicted molar refractivity (Wildman–Crippen MR) is 63.4 cm³/mol. The summed E-state index contributed by atoms with van der Waals surface area (Å²) in [5.74, 6) is -0.590. The Bertz CT molecular complexity index is 380. The topological polar surface area (TPSA) is 67.9 Å². The number of likely N-dealkylation sites (tertiary alicyclic amines) is 1. The van der Waals surface area contributed by atoms with Gasteiger partial charge in [-0.2, -0.15) is 0 Å². The molecule has 0 spiro atoms. The molecule has 0 bridgehead atoms. The van der Waals surface area contributed by atoms with Crippen molar-refractivity contribution in [2.45, 2.75) is 32.1 Å². The van der Waals surface area contributed by atoms with Gasteiger partial charge in [0, 0.05) is 12.7 Å². The molecule has 0 saturated carbocycles. The van der Waals surface area contributed by atoms with E-state index in [4.69, 9.17) is 9.47 Å². The van der Waals surface area contributed by atoms with E-state index in [1.54, 1.807) is 6.92 Å². The number of hydrogen-bond donors (Lipinski definition) is 1. The fraction of sp³-hybridized carbons (Fsp3) is 0.667. The van der Waals surface area contributed by atoms with Gasteiger partial charge in [0.05, 0.1) is 11.7 Å². The van der Waals surface area contributed by atoms with Crippen LogP contribution in [0.4, 0.5) is 0 Å². The molecular weight excluding hydrogens is 236 g/mol. The van der Waals surface area contributed by atoms with Gasteiger partial charge in [0.25, 0.3) is 0 Å². The second-order valence-electron chi connectivity index (χ2n) is 4.45. The Balaban J connectivity index is 1.97. The zero-order valence-corrected chi connectivity index (χ0v) is 10.6. The smallest absolute Gasteiger partial charge is 0.335 e. The molecule has 2 heterocycles. The normalized spacial score (nSPS) is 28.1. The molecule has 6 heteroatoms. The van der Waals surface area contributed by atoms with E-state index in [2.05, 4.69) is 5.32 Å². The van der Waals surface area contributed by atoms with Crippen LogP contribution in [0.1, 0.15) is 19.8 Å². The third-order valence-electron chi connectivity index (χ3n) is 3.16. The maximum Gasteiger partial charge on any atom is 0.335 e. The third kappa shape index (κ3) is 2.70. The van der Waals surface area contributed by atoms with Crippen LogP contribution < -0.4 is 5.32 Å². The molecule has 0 aromatic heterocycles. The first kappa shape index (κ1) is 13.0. The molecule has 100 valence electrons. The Morgan fingerprint density at radius 1 is 1.67 bits per heavy atom. The molecule has 6 nitrogen and oxygen atoms in total. The van der Waals surface area contributed by atoms with Gasteiger partial charge < -0.3 is 14.8 Å². The van der Waals surface area contributed by atoms with Gasteiger partial charge in [-0.3, -0.25) is 9.69 Å². The SMILES string of the molecule is CCO[C@@H]1OC(=O)C=C1NC(=O)[C@@H]1CCCN1C. The summed E-state index contributed by atoms with van der Waals surface area (Å²) in [5.41, 5.74) is 0.396. The molecule has 2 aliphatic heterocycles. The Morgan fingerprint density at radius 3 is 3.06 bits per heavy atom. The highest BCUT2D eigenvalue weighted by Gasteiger charge is 2.32. The molecule has 2 rings (SSSR count). The van der Waals surface area contributed by atoms with Crippen molar-refractivity contribution in [1.82, 2.24) is 10.2 Å². The number of hydrogen-bond acceptors (Lipinski definition) is 5. The zero-order chi connectivity index (χ0) is 13.1. The van der Waals surface area contributed by atoms with Crippen molar-refractivity contribution in [2.24, 2.45) is 0 Å². The van der Waals surface area contributed by atoms with Gasteiger partial charge in [-0.25, -0.2) is 4.79 Å². The summed E-state index contributed by atoms with van der Waals surface area (Å²) in [5, 5.41) is 2.73. The number of nitrogens with one attached hydrogen (secondary N) is 1. The number of nitrogens with zero attached hydrogens (tertiary/aromatic N) is 1. The largest absolute Gasteiger partial charge is 0.426 e. The van der Waals surface area contributed by atoms with Crippen molar-refractivity contribution >= 4 is 11.9 Å². The van der Waals surface area contributed by atoms with Crippen molar-refractivity contribution in [3.8, 4) is 0 Å². The Kier molecular flexibility index (Phi) is 3.98. The van der Waals surface area contributed by atoms with Gasteiger partial charge in [-0.15, -0.1) is 0 Å². The summed E-state index contributed by atoms with van der Waals surface area (Å²) in [6.07, 6.45) is 2.34. The summed E-state index contributed by atoms with van der Waals surface area (Å²) < 4.78 is 10.2. The lowest BCUT2D eigenvalue weighted by molar-refractivity contribution is -0.159. The molecule has 18 heavy (non-hydrogen) atoms. The molecule has 0 radical (unpaired) electrons. The Hall–Kier alpha value is -1.40. The summed E-state index contributed by atoms with van der Waals surface area (Å²) in [6.45, 7) is 3.13. The van der Waals surface area contributed by atoms with E-state index in [1.807, 2.05) is 11.9 Å². The lowest BCUT2D eigenvalue weighted by Crippen LogP contribution is -2.42. The first-order valence-electron chi connectivity index (χ1n) is 6.16. The standard InChI is InChI=1S/C12H18N2O4/c1-3-17-12-8(7-10(15)18-12)13-11(16)9-5-4-6-14(9)2/h7,9,12H,3-6H2,1-2H3,(H,13,16)/t9-,12+/m0/s1. The molecule has 1 fully saturated rings. The highest BCUT2D eigenvalue weighted by atomic mass is 16.7. The number of esters is 1. The lowest BCUT2D eigenvalue weighted by atomic mass is 10.2. The lowest BCUT2D eigenvalue weighted by Gasteiger charge is -2.20. The average molecular weight is 254 g/mol. The first-order valence-corrected chi connectivity index (χ1v) is 6.16. The van der Waals surface area contributed by atoms with Gasteiger partial charge >= 0.3 is 5.97 Å². The highest BCUT2D eigenvalue weighted by Crippen LogP contribution is 2.18. The minimum Gasteiger partial charge on any atom is -0.426 e. The molecule has 0 aromatic rings. The zero-order valence-electron chi connectivity index (χ0n) is 10.6. The minimum absolute atomic E-state index is 0.107. The number of carbonyl (C=O) groups excluding carboxylic acids is 2. The van der Waals surface area contributed by atoms with Gasteiger partial charge in [0.1, 0.15) is 0 Å². The van der Waals surface area contributed by atoms with Crippen LogP contribution in [0.2, 0.25) is 0 Å². The quantitative estimate of drug-likeness (QED) is 0.715. The molecule has 2 atom stereocenters. The number of carbonyl (C=O) groups is 2. The number of likely N-dealkylation sites (N-methyl/N-ethyl adjacent to an activating group) is 1. The number of ether oxygens (including phenoxy) is 2. The molecule has 0 unspecified atom stereocenters. The summed E-state index contributed by atoms with van der Waals surface area (Å²) in [6, 6.07) is -0.135. The van der Waals surface area contributed by atoms with Gasteiger partial charge in [-0.1, -0.05) is 0 Å². The average Bonchev–Trinajstić information content (AvgIpc) is 2.86. The minimum atomic E-state index is -0.779. The number of cyclic esters (lactones) is 1. The van der Waals surface area contributed by atoms with Crippen LogP contribution in [0.5, 0.6) is 0 Å². The van der Waals surface area contributed by atoms with Crippen molar-refractivity contribution in [3.05, 3.63) is 11.8 Å². The van der Waals surface area contributed by atoms with E-state index in [0.29, 0.717) is 12.3 Å². The summed E-state index contributed by atoms with van der Waals surface area (Å²) in [7, 11) is 1.92.